The molecule has 0 saturated carbocycles. The Bertz CT molecular complexity index is 825. The van der Waals surface area contributed by atoms with Crippen LogP contribution < -0.4 is 15.1 Å². The molecule has 0 spiro atoms. The Balaban J connectivity index is 1.55. The van der Waals surface area contributed by atoms with Gasteiger partial charge >= 0.3 is 0 Å². The molecule has 0 unspecified atom stereocenters. The lowest BCUT2D eigenvalue weighted by atomic mass is 10.1. The van der Waals surface area contributed by atoms with E-state index < -0.39 is 0 Å². The number of carbonyl (C=O) groups is 1. The molecule has 1 N–H and O–H groups in total. The maximum absolute atomic E-state index is 13.1. The summed E-state index contributed by atoms with van der Waals surface area (Å²) in [6, 6.07) is 12.7. The van der Waals surface area contributed by atoms with Crippen molar-refractivity contribution in [3.63, 3.8) is 0 Å². The molecular formula is C24H30FN3O. The second kappa shape index (κ2) is 9.29. The van der Waals surface area contributed by atoms with Crippen LogP contribution in [0.5, 0.6) is 0 Å². The summed E-state index contributed by atoms with van der Waals surface area (Å²) >= 11 is 0. The van der Waals surface area contributed by atoms with Gasteiger partial charge < -0.3 is 15.1 Å². The molecule has 5 heteroatoms. The third-order valence-corrected chi connectivity index (χ3v) is 5.95. The first kappa shape index (κ1) is 19.7. The minimum Gasteiger partial charge on any atom is -0.371 e. The second-order valence-corrected chi connectivity index (χ2v) is 8.15. The van der Waals surface area contributed by atoms with Crippen molar-refractivity contribution in [2.75, 3.05) is 41.3 Å². The van der Waals surface area contributed by atoms with Crippen LogP contribution in [-0.4, -0.2) is 32.1 Å². The topological polar surface area (TPSA) is 35.6 Å². The summed E-state index contributed by atoms with van der Waals surface area (Å²) in [5, 5.41) is 3.15. The van der Waals surface area contributed by atoms with Crippen molar-refractivity contribution in [3.05, 3.63) is 53.8 Å². The molecule has 2 saturated heterocycles. The number of rotatable bonds is 5. The van der Waals surface area contributed by atoms with Crippen molar-refractivity contribution in [2.45, 2.75) is 44.9 Å². The fourth-order valence-electron chi connectivity index (χ4n) is 4.37. The van der Waals surface area contributed by atoms with E-state index in [0.717, 1.165) is 43.1 Å². The summed E-state index contributed by atoms with van der Waals surface area (Å²) in [5.41, 5.74) is 4.00. The van der Waals surface area contributed by atoms with E-state index in [1.54, 1.807) is 12.1 Å². The van der Waals surface area contributed by atoms with Crippen LogP contribution in [0.4, 0.5) is 21.5 Å². The first-order valence-electron chi connectivity index (χ1n) is 10.9. The quantitative estimate of drug-likeness (QED) is 0.775. The Labute approximate surface area is 172 Å². The van der Waals surface area contributed by atoms with Crippen LogP contribution in [-0.2, 0) is 11.2 Å². The summed E-state index contributed by atoms with van der Waals surface area (Å²) in [7, 11) is 0. The fraction of sp³-hybridized carbons (Fsp3) is 0.458. The third-order valence-electron chi connectivity index (χ3n) is 5.95. The molecule has 0 radical (unpaired) electrons. The van der Waals surface area contributed by atoms with E-state index in [9.17, 15) is 9.18 Å². The van der Waals surface area contributed by atoms with E-state index in [1.165, 1.54) is 56.3 Å². The van der Waals surface area contributed by atoms with Gasteiger partial charge in [0.2, 0.25) is 5.91 Å². The standard InChI is InChI=1S/C24H30FN3O/c25-20-9-7-19(8-10-20)17-24(29)26-22-18-21(27-13-3-1-4-14-27)11-12-23(22)28-15-5-2-6-16-28/h7-12,18H,1-6,13-17H2,(H,26,29). The fourth-order valence-corrected chi connectivity index (χ4v) is 4.37. The number of nitrogens with zero attached hydrogens (tertiary/aromatic N) is 2. The lowest BCUT2D eigenvalue weighted by Gasteiger charge is -2.33. The Morgan fingerprint density at radius 1 is 0.828 bits per heavy atom. The SMILES string of the molecule is O=C(Cc1ccc(F)cc1)Nc1cc(N2CCCCC2)ccc1N1CCCCC1. The number of piperidine rings is 2. The lowest BCUT2D eigenvalue weighted by Crippen LogP contribution is -2.32. The van der Waals surface area contributed by atoms with Crippen LogP contribution in [0.3, 0.4) is 0 Å². The summed E-state index contributed by atoms with van der Waals surface area (Å²) < 4.78 is 13.1. The van der Waals surface area contributed by atoms with Gasteiger partial charge in [0.15, 0.2) is 0 Å². The van der Waals surface area contributed by atoms with Gasteiger partial charge in [0.05, 0.1) is 17.8 Å². The maximum Gasteiger partial charge on any atom is 0.228 e. The summed E-state index contributed by atoms with van der Waals surface area (Å²) in [6.07, 6.45) is 7.64. The molecular weight excluding hydrogens is 365 g/mol. The summed E-state index contributed by atoms with van der Waals surface area (Å²) in [4.78, 5) is 17.6. The minimum absolute atomic E-state index is 0.0642. The number of hydrogen-bond acceptors (Lipinski definition) is 3. The molecule has 4 nitrogen and oxygen atoms in total. The molecule has 0 atom stereocenters. The van der Waals surface area contributed by atoms with Gasteiger partial charge in [0.1, 0.15) is 5.82 Å². The molecule has 2 aliphatic heterocycles. The summed E-state index contributed by atoms with van der Waals surface area (Å²) in [6.45, 7) is 4.21. The molecule has 2 heterocycles. The van der Waals surface area contributed by atoms with Crippen molar-refractivity contribution in [3.8, 4) is 0 Å². The molecule has 2 fully saturated rings. The Morgan fingerprint density at radius 2 is 1.45 bits per heavy atom. The molecule has 29 heavy (non-hydrogen) atoms. The average Bonchev–Trinajstić information content (AvgIpc) is 2.76. The number of anilines is 3. The Morgan fingerprint density at radius 3 is 2.10 bits per heavy atom. The minimum atomic E-state index is -0.282. The van der Waals surface area contributed by atoms with Crippen LogP contribution in [0.1, 0.15) is 44.1 Å². The van der Waals surface area contributed by atoms with Crippen LogP contribution in [0.15, 0.2) is 42.5 Å². The van der Waals surface area contributed by atoms with Crippen LogP contribution in [0.25, 0.3) is 0 Å². The smallest absolute Gasteiger partial charge is 0.228 e. The number of carbonyl (C=O) groups excluding carboxylic acids is 1. The first-order chi connectivity index (χ1) is 14.2. The van der Waals surface area contributed by atoms with Crippen molar-refractivity contribution in [2.24, 2.45) is 0 Å². The zero-order valence-electron chi connectivity index (χ0n) is 17.0. The number of nitrogens with one attached hydrogen (secondary N) is 1. The van der Waals surface area contributed by atoms with Gasteiger partial charge in [0, 0.05) is 31.9 Å². The van der Waals surface area contributed by atoms with Crippen LogP contribution >= 0.6 is 0 Å². The second-order valence-electron chi connectivity index (χ2n) is 8.15. The summed E-state index contributed by atoms with van der Waals surface area (Å²) in [5.74, 6) is -0.346. The molecule has 2 aromatic carbocycles. The van der Waals surface area contributed by atoms with E-state index in [2.05, 4.69) is 33.3 Å². The third kappa shape index (κ3) is 5.08. The molecule has 0 aromatic heterocycles. The van der Waals surface area contributed by atoms with E-state index >= 15 is 0 Å². The van der Waals surface area contributed by atoms with Crippen LogP contribution in [0.2, 0.25) is 0 Å². The number of hydrogen-bond donors (Lipinski definition) is 1. The van der Waals surface area contributed by atoms with Crippen molar-refractivity contribution in [1.82, 2.24) is 0 Å². The monoisotopic (exact) mass is 395 g/mol. The molecule has 1 amide bonds. The molecule has 0 bridgehead atoms. The highest BCUT2D eigenvalue weighted by Gasteiger charge is 2.19. The van der Waals surface area contributed by atoms with Gasteiger partial charge in [0.25, 0.3) is 0 Å². The average molecular weight is 396 g/mol. The predicted molar refractivity (Wildman–Crippen MR) is 117 cm³/mol. The van der Waals surface area contributed by atoms with Gasteiger partial charge in [-0.15, -0.1) is 0 Å². The molecule has 2 aromatic rings. The molecule has 0 aliphatic carbocycles. The van der Waals surface area contributed by atoms with E-state index in [1.807, 2.05) is 0 Å². The predicted octanol–water partition coefficient (Wildman–Crippen LogP) is 4.99. The highest BCUT2D eigenvalue weighted by molar-refractivity contribution is 5.96. The zero-order valence-corrected chi connectivity index (χ0v) is 17.0. The first-order valence-corrected chi connectivity index (χ1v) is 10.9. The number of halogens is 1. The van der Waals surface area contributed by atoms with Crippen molar-refractivity contribution in [1.29, 1.82) is 0 Å². The largest absolute Gasteiger partial charge is 0.371 e. The van der Waals surface area contributed by atoms with Gasteiger partial charge in [-0.1, -0.05) is 12.1 Å². The van der Waals surface area contributed by atoms with Crippen LogP contribution in [0, 0.1) is 5.82 Å². The zero-order chi connectivity index (χ0) is 20.1. The van der Waals surface area contributed by atoms with E-state index in [4.69, 9.17) is 0 Å². The van der Waals surface area contributed by atoms with Gasteiger partial charge in [-0.25, -0.2) is 4.39 Å². The van der Waals surface area contributed by atoms with Gasteiger partial charge in [-0.2, -0.15) is 0 Å². The maximum atomic E-state index is 13.1. The lowest BCUT2D eigenvalue weighted by molar-refractivity contribution is -0.115. The number of amides is 1. The van der Waals surface area contributed by atoms with Crippen molar-refractivity contribution >= 4 is 23.0 Å². The molecule has 4 rings (SSSR count). The van der Waals surface area contributed by atoms with Gasteiger partial charge in [-0.3, -0.25) is 4.79 Å². The normalized spacial score (nSPS) is 17.3. The molecule has 2 aliphatic rings. The number of benzene rings is 2. The van der Waals surface area contributed by atoms with E-state index in [-0.39, 0.29) is 18.1 Å². The Kier molecular flexibility index (Phi) is 6.33. The van der Waals surface area contributed by atoms with Gasteiger partial charge in [-0.05, 0) is 74.4 Å². The highest BCUT2D eigenvalue weighted by Crippen LogP contribution is 2.33. The highest BCUT2D eigenvalue weighted by atomic mass is 19.1. The molecule has 154 valence electrons. The van der Waals surface area contributed by atoms with Crippen molar-refractivity contribution < 1.29 is 9.18 Å². The Hall–Kier alpha value is -2.56. The van der Waals surface area contributed by atoms with E-state index in [0.29, 0.717) is 0 Å².